The lowest BCUT2D eigenvalue weighted by molar-refractivity contribution is 0.102. The van der Waals surface area contributed by atoms with Gasteiger partial charge in [-0.15, -0.1) is 0 Å². The van der Waals surface area contributed by atoms with Crippen LogP contribution in [0.1, 0.15) is 16.1 Å². The number of anilines is 1. The van der Waals surface area contributed by atoms with Crippen LogP contribution in [0, 0.1) is 6.92 Å². The Kier molecular flexibility index (Phi) is 5.55. The number of benzene rings is 1. The van der Waals surface area contributed by atoms with Crippen LogP contribution in [0.15, 0.2) is 39.9 Å². The number of H-pyrrole nitrogens is 1. The van der Waals surface area contributed by atoms with Gasteiger partial charge in [0, 0.05) is 7.11 Å². The molecule has 0 radical (unpaired) electrons. The Morgan fingerprint density at radius 1 is 1.25 bits per heavy atom. The van der Waals surface area contributed by atoms with Crippen LogP contribution in [0.4, 0.5) is 5.69 Å². The molecule has 0 saturated heterocycles. The molecule has 146 valence electrons. The third-order valence-corrected chi connectivity index (χ3v) is 4.28. The van der Waals surface area contributed by atoms with Crippen molar-refractivity contribution in [3.05, 3.63) is 62.4 Å². The number of aryl methyl sites for hydroxylation is 1. The monoisotopic (exact) mass is 384 g/mol. The maximum Gasteiger partial charge on any atom is 0.330 e. The second kappa shape index (κ2) is 8.05. The minimum atomic E-state index is -0.604. The van der Waals surface area contributed by atoms with Crippen molar-refractivity contribution in [3.63, 3.8) is 0 Å². The number of hydrogen-bond acceptors (Lipinski definition) is 6. The highest BCUT2D eigenvalue weighted by Gasteiger charge is 2.17. The highest BCUT2D eigenvalue weighted by molar-refractivity contribution is 6.07. The van der Waals surface area contributed by atoms with Crippen LogP contribution in [0.5, 0.6) is 5.75 Å². The molecule has 3 rings (SSSR count). The zero-order valence-electron chi connectivity index (χ0n) is 15.7. The number of nitrogens with one attached hydrogen (secondary N) is 2. The molecule has 9 nitrogen and oxygen atoms in total. The molecule has 1 aromatic carbocycles. The number of amides is 1. The second-order valence-corrected chi connectivity index (χ2v) is 6.05. The number of carbonyl (C=O) groups is 1. The average Bonchev–Trinajstić information content (AvgIpc) is 2.67. The fourth-order valence-corrected chi connectivity index (χ4v) is 2.85. The van der Waals surface area contributed by atoms with Gasteiger partial charge in [-0.25, -0.2) is 9.78 Å². The summed E-state index contributed by atoms with van der Waals surface area (Å²) in [5.74, 6) is 0.0685. The molecule has 28 heavy (non-hydrogen) atoms. The van der Waals surface area contributed by atoms with E-state index in [1.165, 1.54) is 24.9 Å². The number of nitrogens with zero attached hydrogens (tertiary/aromatic N) is 2. The minimum absolute atomic E-state index is 0.145. The Labute approximate surface area is 159 Å². The average molecular weight is 384 g/mol. The summed E-state index contributed by atoms with van der Waals surface area (Å²) in [7, 11) is 3.02. The van der Waals surface area contributed by atoms with E-state index >= 15 is 0 Å². The van der Waals surface area contributed by atoms with Crippen molar-refractivity contribution in [1.29, 1.82) is 0 Å². The highest BCUT2D eigenvalue weighted by atomic mass is 16.5. The number of hydrogen-bond donors (Lipinski definition) is 2. The minimum Gasteiger partial charge on any atom is -0.495 e. The van der Waals surface area contributed by atoms with Crippen LogP contribution >= 0.6 is 0 Å². The maximum atomic E-state index is 12.8. The van der Waals surface area contributed by atoms with E-state index < -0.39 is 17.2 Å². The number of rotatable bonds is 6. The zero-order chi connectivity index (χ0) is 20.3. The van der Waals surface area contributed by atoms with Crippen LogP contribution in [0.2, 0.25) is 0 Å². The van der Waals surface area contributed by atoms with Crippen LogP contribution in [-0.4, -0.2) is 41.3 Å². The molecular formula is C19H20N4O5. The number of methoxy groups -OCH3 is 2. The second-order valence-electron chi connectivity index (χ2n) is 6.05. The fourth-order valence-electron chi connectivity index (χ4n) is 2.85. The Morgan fingerprint density at radius 3 is 2.71 bits per heavy atom. The largest absolute Gasteiger partial charge is 0.495 e. The van der Waals surface area contributed by atoms with Crippen LogP contribution in [-0.2, 0) is 11.3 Å². The molecule has 2 aromatic heterocycles. The van der Waals surface area contributed by atoms with Crippen molar-refractivity contribution < 1.29 is 14.3 Å². The van der Waals surface area contributed by atoms with E-state index in [0.717, 1.165) is 0 Å². The Balaban J connectivity index is 2.07. The Bertz CT molecular complexity index is 1150. The van der Waals surface area contributed by atoms with Crippen LogP contribution in [0.25, 0.3) is 11.0 Å². The molecule has 0 aliphatic rings. The first-order valence-electron chi connectivity index (χ1n) is 8.54. The van der Waals surface area contributed by atoms with E-state index in [9.17, 15) is 14.4 Å². The van der Waals surface area contributed by atoms with Gasteiger partial charge in [0.05, 0.1) is 42.6 Å². The number of carbonyl (C=O) groups excluding carboxylic acids is 1. The Morgan fingerprint density at radius 2 is 2.00 bits per heavy atom. The predicted octanol–water partition coefficient (Wildman–Crippen LogP) is 1.30. The number of fused-ring (bicyclic) bond motifs is 1. The highest BCUT2D eigenvalue weighted by Crippen LogP contribution is 2.24. The van der Waals surface area contributed by atoms with Gasteiger partial charge in [-0.2, -0.15) is 0 Å². The lowest BCUT2D eigenvalue weighted by Gasteiger charge is -2.13. The molecule has 0 aliphatic carbocycles. The van der Waals surface area contributed by atoms with Crippen molar-refractivity contribution in [3.8, 4) is 5.75 Å². The van der Waals surface area contributed by atoms with E-state index in [0.29, 0.717) is 17.1 Å². The van der Waals surface area contributed by atoms with E-state index in [1.807, 2.05) is 0 Å². The normalized spacial score (nSPS) is 10.8. The maximum absolute atomic E-state index is 12.8. The third-order valence-electron chi connectivity index (χ3n) is 4.28. The molecule has 9 heteroatoms. The van der Waals surface area contributed by atoms with Gasteiger partial charge < -0.3 is 14.8 Å². The summed E-state index contributed by atoms with van der Waals surface area (Å²) in [6.45, 7) is 2.14. The number of pyridine rings is 1. The number of ether oxygens (including phenoxy) is 2. The van der Waals surface area contributed by atoms with Crippen molar-refractivity contribution in [1.82, 2.24) is 14.5 Å². The molecular weight excluding hydrogens is 364 g/mol. The topological polar surface area (TPSA) is 115 Å². The number of para-hydroxylation sites is 2. The molecule has 2 N–H and O–H groups in total. The van der Waals surface area contributed by atoms with Crippen molar-refractivity contribution in [2.75, 3.05) is 26.1 Å². The molecule has 3 aromatic rings. The summed E-state index contributed by atoms with van der Waals surface area (Å²) in [4.78, 5) is 43.8. The summed E-state index contributed by atoms with van der Waals surface area (Å²) in [5.41, 5.74) is 0.128. The third kappa shape index (κ3) is 3.65. The van der Waals surface area contributed by atoms with Crippen molar-refractivity contribution in [2.45, 2.75) is 13.5 Å². The molecule has 1 amide bonds. The molecule has 0 fully saturated rings. The van der Waals surface area contributed by atoms with Crippen LogP contribution < -0.4 is 21.3 Å². The van der Waals surface area contributed by atoms with E-state index in [4.69, 9.17) is 9.47 Å². The van der Waals surface area contributed by atoms with Crippen molar-refractivity contribution >= 4 is 22.6 Å². The van der Waals surface area contributed by atoms with Gasteiger partial charge in [-0.05, 0) is 25.1 Å². The first-order valence-corrected chi connectivity index (χ1v) is 8.54. The summed E-state index contributed by atoms with van der Waals surface area (Å²) in [6, 6.07) is 8.42. The molecule has 0 aliphatic heterocycles. The van der Waals surface area contributed by atoms with Crippen molar-refractivity contribution in [2.24, 2.45) is 0 Å². The molecule has 0 atom stereocenters. The fraction of sp³-hybridized carbons (Fsp3) is 0.263. The van der Waals surface area contributed by atoms with Gasteiger partial charge in [0.2, 0.25) is 0 Å². The summed E-state index contributed by atoms with van der Waals surface area (Å²) >= 11 is 0. The summed E-state index contributed by atoms with van der Waals surface area (Å²) < 4.78 is 11.6. The first-order chi connectivity index (χ1) is 13.5. The number of aromatic amines is 1. The first kappa shape index (κ1) is 19.3. The van der Waals surface area contributed by atoms with Gasteiger partial charge in [0.1, 0.15) is 11.4 Å². The SMILES string of the molecule is COCCn1c(=O)[nH]c(=O)c2cc(C(=O)Nc3ccccc3OC)c(C)nc21. The van der Waals surface area contributed by atoms with Crippen LogP contribution in [0.3, 0.4) is 0 Å². The lowest BCUT2D eigenvalue weighted by atomic mass is 10.1. The molecule has 0 unspecified atom stereocenters. The standard InChI is InChI=1S/C19H20N4O5/c1-11-12(17(24)21-14-6-4-5-7-15(14)28-3)10-13-16(20-11)23(8-9-27-2)19(26)22-18(13)25/h4-7,10H,8-9H2,1-3H3,(H,21,24)(H,22,25,26). The van der Waals surface area contributed by atoms with E-state index in [-0.39, 0.29) is 29.7 Å². The summed E-state index contributed by atoms with van der Waals surface area (Å²) in [5, 5.41) is 2.90. The lowest BCUT2D eigenvalue weighted by Crippen LogP contribution is -2.32. The molecule has 0 spiro atoms. The van der Waals surface area contributed by atoms with Gasteiger partial charge in [0.15, 0.2) is 0 Å². The van der Waals surface area contributed by atoms with Gasteiger partial charge in [0.25, 0.3) is 11.5 Å². The molecule has 0 bridgehead atoms. The van der Waals surface area contributed by atoms with E-state index in [1.54, 1.807) is 31.2 Å². The smallest absolute Gasteiger partial charge is 0.330 e. The molecule has 2 heterocycles. The summed E-state index contributed by atoms with van der Waals surface area (Å²) in [6.07, 6.45) is 0. The van der Waals surface area contributed by atoms with E-state index in [2.05, 4.69) is 15.3 Å². The number of aromatic nitrogens is 3. The van der Waals surface area contributed by atoms with Gasteiger partial charge in [-0.1, -0.05) is 12.1 Å². The zero-order valence-corrected chi connectivity index (χ0v) is 15.7. The molecule has 0 saturated carbocycles. The van der Waals surface area contributed by atoms with Gasteiger partial charge >= 0.3 is 5.69 Å². The predicted molar refractivity (Wildman–Crippen MR) is 104 cm³/mol. The van der Waals surface area contributed by atoms with Gasteiger partial charge in [-0.3, -0.25) is 19.1 Å². The quantitative estimate of drug-likeness (QED) is 0.662. The Hall–Kier alpha value is -3.46.